The Morgan fingerprint density at radius 3 is 2.32 bits per heavy atom. The first kappa shape index (κ1) is 17.0. The Labute approximate surface area is 148 Å². The fraction of sp³-hybridized carbons (Fsp3) is 0.611. The zero-order valence-corrected chi connectivity index (χ0v) is 15.1. The molecule has 0 saturated heterocycles. The van der Waals surface area contributed by atoms with E-state index in [9.17, 15) is 13.2 Å². The van der Waals surface area contributed by atoms with Crippen LogP contribution in [0.2, 0.25) is 0 Å². The SMILES string of the molecule is NS(=O)(=O)c1cccc(NC(=O)C[NH2+]C23CC4CC(CC(C4)C2)C3)c1. The highest BCUT2D eigenvalue weighted by atomic mass is 32.2. The van der Waals surface area contributed by atoms with Gasteiger partial charge in [0.25, 0.3) is 5.91 Å². The maximum absolute atomic E-state index is 12.3. The largest absolute Gasteiger partial charge is 0.334 e. The average Bonchev–Trinajstić information content (AvgIpc) is 2.51. The minimum atomic E-state index is -3.76. The lowest BCUT2D eigenvalue weighted by Gasteiger charge is -2.54. The van der Waals surface area contributed by atoms with E-state index in [1.54, 1.807) is 12.1 Å². The number of benzene rings is 1. The van der Waals surface area contributed by atoms with E-state index in [0.29, 0.717) is 12.2 Å². The number of carbonyl (C=O) groups is 1. The van der Waals surface area contributed by atoms with E-state index in [4.69, 9.17) is 5.14 Å². The molecule has 1 amide bonds. The smallest absolute Gasteiger partial charge is 0.279 e. The molecule has 5 rings (SSSR count). The zero-order valence-electron chi connectivity index (χ0n) is 14.3. The molecule has 0 aliphatic heterocycles. The Morgan fingerprint density at radius 1 is 1.16 bits per heavy atom. The summed E-state index contributed by atoms with van der Waals surface area (Å²) >= 11 is 0. The Balaban J connectivity index is 1.37. The monoisotopic (exact) mass is 364 g/mol. The Kier molecular flexibility index (Phi) is 4.13. The van der Waals surface area contributed by atoms with Crippen LogP contribution in [0.5, 0.6) is 0 Å². The number of quaternary nitrogens is 1. The molecule has 6 nitrogen and oxygen atoms in total. The van der Waals surface area contributed by atoms with Gasteiger partial charge in [-0.15, -0.1) is 0 Å². The summed E-state index contributed by atoms with van der Waals surface area (Å²) < 4.78 is 22.8. The summed E-state index contributed by atoms with van der Waals surface area (Å²) in [7, 11) is -3.76. The van der Waals surface area contributed by atoms with E-state index in [-0.39, 0.29) is 16.3 Å². The number of rotatable bonds is 5. The number of sulfonamides is 1. The maximum Gasteiger partial charge on any atom is 0.279 e. The Morgan fingerprint density at radius 2 is 1.76 bits per heavy atom. The van der Waals surface area contributed by atoms with Crippen molar-refractivity contribution >= 4 is 21.6 Å². The highest BCUT2D eigenvalue weighted by Crippen LogP contribution is 2.54. The lowest BCUT2D eigenvalue weighted by atomic mass is 9.53. The van der Waals surface area contributed by atoms with Crippen molar-refractivity contribution in [2.24, 2.45) is 22.9 Å². The average molecular weight is 364 g/mol. The second-order valence-electron chi connectivity index (χ2n) is 8.31. The van der Waals surface area contributed by atoms with E-state index in [0.717, 1.165) is 17.8 Å². The van der Waals surface area contributed by atoms with Gasteiger partial charge >= 0.3 is 0 Å². The van der Waals surface area contributed by atoms with Crippen LogP contribution >= 0.6 is 0 Å². The zero-order chi connectivity index (χ0) is 17.7. The van der Waals surface area contributed by atoms with Crippen molar-refractivity contribution in [3.05, 3.63) is 24.3 Å². The first-order valence-electron chi connectivity index (χ1n) is 9.08. The standard InChI is InChI=1S/C18H25N3O3S/c19-25(23,24)16-3-1-2-15(7-16)21-17(22)11-20-18-8-12-4-13(9-18)6-14(5-12)10-18/h1-3,7,12-14,20H,4-6,8-11H2,(H,21,22)(H2,19,23,24)/p+1. The lowest BCUT2D eigenvalue weighted by molar-refractivity contribution is -0.729. The van der Waals surface area contributed by atoms with Gasteiger partial charge in [-0.25, -0.2) is 13.6 Å². The van der Waals surface area contributed by atoms with Crippen molar-refractivity contribution in [3.8, 4) is 0 Å². The molecule has 136 valence electrons. The molecule has 25 heavy (non-hydrogen) atoms. The second-order valence-corrected chi connectivity index (χ2v) is 9.87. The van der Waals surface area contributed by atoms with Gasteiger partial charge in [-0.3, -0.25) is 4.79 Å². The van der Waals surface area contributed by atoms with Crippen molar-refractivity contribution in [1.82, 2.24) is 0 Å². The number of hydrogen-bond donors (Lipinski definition) is 3. The van der Waals surface area contributed by atoms with E-state index >= 15 is 0 Å². The molecular formula is C18H26N3O3S+. The first-order valence-corrected chi connectivity index (χ1v) is 10.6. The molecule has 0 heterocycles. The van der Waals surface area contributed by atoms with Gasteiger partial charge in [-0.1, -0.05) is 6.07 Å². The van der Waals surface area contributed by atoms with Crippen molar-refractivity contribution in [2.75, 3.05) is 11.9 Å². The molecule has 0 spiro atoms. The minimum Gasteiger partial charge on any atom is -0.334 e. The molecule has 0 radical (unpaired) electrons. The predicted molar refractivity (Wildman–Crippen MR) is 94.1 cm³/mol. The molecule has 4 saturated carbocycles. The third-order valence-corrected chi connectivity index (χ3v) is 7.16. The maximum atomic E-state index is 12.3. The topological polar surface area (TPSA) is 106 Å². The van der Waals surface area contributed by atoms with Crippen LogP contribution in [0, 0.1) is 17.8 Å². The predicted octanol–water partition coefficient (Wildman–Crippen LogP) is 0.805. The molecule has 5 N–H and O–H groups in total. The number of nitrogens with two attached hydrogens (primary N) is 2. The van der Waals surface area contributed by atoms with Crippen LogP contribution in [0.4, 0.5) is 5.69 Å². The normalized spacial score (nSPS) is 33.4. The summed E-state index contributed by atoms with van der Waals surface area (Å²) in [5.41, 5.74) is 0.726. The van der Waals surface area contributed by atoms with E-state index < -0.39 is 10.0 Å². The molecular weight excluding hydrogens is 338 g/mol. The van der Waals surface area contributed by atoms with Crippen molar-refractivity contribution in [1.29, 1.82) is 0 Å². The van der Waals surface area contributed by atoms with E-state index in [1.165, 1.54) is 50.7 Å². The molecule has 1 aromatic rings. The molecule has 0 atom stereocenters. The molecule has 0 unspecified atom stereocenters. The van der Waals surface area contributed by atoms with Crippen molar-refractivity contribution < 1.29 is 18.5 Å². The van der Waals surface area contributed by atoms with Gasteiger partial charge < -0.3 is 10.6 Å². The van der Waals surface area contributed by atoms with Gasteiger partial charge in [-0.2, -0.15) is 0 Å². The molecule has 4 aliphatic rings. The van der Waals surface area contributed by atoms with Crippen LogP contribution in [0.3, 0.4) is 0 Å². The number of primary sulfonamides is 1. The second kappa shape index (κ2) is 6.07. The van der Waals surface area contributed by atoms with E-state index in [2.05, 4.69) is 10.6 Å². The Hall–Kier alpha value is -1.44. The molecule has 4 aliphatic carbocycles. The number of amides is 1. The molecule has 4 bridgehead atoms. The number of hydrogen-bond acceptors (Lipinski definition) is 3. The minimum absolute atomic E-state index is 0.00960. The van der Waals surface area contributed by atoms with Crippen molar-refractivity contribution in [2.45, 2.75) is 49.0 Å². The number of carbonyl (C=O) groups excluding carboxylic acids is 1. The lowest BCUT2D eigenvalue weighted by Crippen LogP contribution is -3.00. The summed E-state index contributed by atoms with van der Waals surface area (Å²) in [5, 5.41) is 10.2. The number of nitrogens with one attached hydrogen (secondary N) is 1. The van der Waals surface area contributed by atoms with Crippen LogP contribution in [-0.4, -0.2) is 26.4 Å². The summed E-state index contributed by atoms with van der Waals surface area (Å²) in [6.45, 7) is 0.381. The quantitative estimate of drug-likeness (QED) is 0.719. The highest BCUT2D eigenvalue weighted by molar-refractivity contribution is 7.89. The van der Waals surface area contributed by atoms with Crippen LogP contribution in [0.1, 0.15) is 38.5 Å². The summed E-state index contributed by atoms with van der Waals surface area (Å²) in [5.74, 6) is 2.48. The third-order valence-electron chi connectivity index (χ3n) is 6.25. The summed E-state index contributed by atoms with van der Waals surface area (Å²) in [4.78, 5) is 12.4. The Bertz CT molecular complexity index is 755. The van der Waals surface area contributed by atoms with Gasteiger partial charge in [0.1, 0.15) is 0 Å². The van der Waals surface area contributed by atoms with Crippen LogP contribution in [0.25, 0.3) is 0 Å². The van der Waals surface area contributed by atoms with Gasteiger partial charge in [0.05, 0.1) is 10.4 Å². The third kappa shape index (κ3) is 3.59. The first-order chi connectivity index (χ1) is 11.8. The molecule has 1 aromatic carbocycles. The van der Waals surface area contributed by atoms with Gasteiger partial charge in [0, 0.05) is 24.9 Å². The molecule has 4 fully saturated rings. The summed E-state index contributed by atoms with van der Waals surface area (Å²) in [6.07, 6.45) is 7.90. The molecule has 0 aromatic heterocycles. The van der Waals surface area contributed by atoms with E-state index in [1.807, 2.05) is 0 Å². The van der Waals surface area contributed by atoms with Crippen LogP contribution in [-0.2, 0) is 14.8 Å². The van der Waals surface area contributed by atoms with Crippen LogP contribution < -0.4 is 15.8 Å². The van der Waals surface area contributed by atoms with Gasteiger partial charge in [0.15, 0.2) is 6.54 Å². The highest BCUT2D eigenvalue weighted by Gasteiger charge is 2.53. The summed E-state index contributed by atoms with van der Waals surface area (Å²) in [6, 6.07) is 6.08. The van der Waals surface area contributed by atoms with Gasteiger partial charge in [0.2, 0.25) is 10.0 Å². The van der Waals surface area contributed by atoms with Gasteiger partial charge in [-0.05, 0) is 55.2 Å². The fourth-order valence-corrected chi connectivity index (χ4v) is 6.26. The molecule has 7 heteroatoms. The van der Waals surface area contributed by atoms with Crippen molar-refractivity contribution in [3.63, 3.8) is 0 Å². The fourth-order valence-electron chi connectivity index (χ4n) is 5.70. The van der Waals surface area contributed by atoms with Crippen LogP contribution in [0.15, 0.2) is 29.2 Å². The number of anilines is 1.